The van der Waals surface area contributed by atoms with Crippen LogP contribution in [0.1, 0.15) is 22.2 Å². The fraction of sp³-hybridized carbons (Fsp3) is 0.286. The monoisotopic (exact) mass is 275 g/mol. The van der Waals surface area contributed by atoms with E-state index in [1.54, 1.807) is 35.5 Å². The van der Waals surface area contributed by atoms with Crippen molar-refractivity contribution in [2.75, 3.05) is 12.8 Å². The fourth-order valence-corrected chi connectivity index (χ4v) is 2.67. The summed E-state index contributed by atoms with van der Waals surface area (Å²) in [7, 11) is 1.81. The SMILES string of the molecule is CC(Cc1cccs1)N(C)C(=O)c1ccncc1N. The number of pyridine rings is 1. The molecule has 1 unspecified atom stereocenters. The summed E-state index contributed by atoms with van der Waals surface area (Å²) in [4.78, 5) is 19.3. The first-order valence-electron chi connectivity index (χ1n) is 6.08. The molecule has 2 aromatic heterocycles. The highest BCUT2D eigenvalue weighted by molar-refractivity contribution is 7.09. The van der Waals surface area contributed by atoms with Gasteiger partial charge in [0.25, 0.3) is 5.91 Å². The van der Waals surface area contributed by atoms with Crippen molar-refractivity contribution in [1.29, 1.82) is 0 Å². The van der Waals surface area contributed by atoms with Crippen LogP contribution in [0.5, 0.6) is 0 Å². The first-order valence-corrected chi connectivity index (χ1v) is 6.96. The Bertz CT molecular complexity index is 554. The number of nitrogens with two attached hydrogens (primary N) is 1. The Morgan fingerprint density at radius 3 is 2.95 bits per heavy atom. The van der Waals surface area contributed by atoms with Crippen LogP contribution in [-0.2, 0) is 6.42 Å². The van der Waals surface area contributed by atoms with Gasteiger partial charge in [-0.15, -0.1) is 11.3 Å². The molecule has 0 bridgehead atoms. The third kappa shape index (κ3) is 3.12. The number of aromatic nitrogens is 1. The minimum atomic E-state index is -0.0658. The maximum Gasteiger partial charge on any atom is 0.256 e. The lowest BCUT2D eigenvalue weighted by atomic mass is 10.1. The summed E-state index contributed by atoms with van der Waals surface area (Å²) in [5.41, 5.74) is 6.72. The van der Waals surface area contributed by atoms with E-state index in [0.29, 0.717) is 11.3 Å². The largest absolute Gasteiger partial charge is 0.397 e. The average molecular weight is 275 g/mol. The van der Waals surface area contributed by atoms with Crippen LogP contribution in [0.2, 0.25) is 0 Å². The highest BCUT2D eigenvalue weighted by atomic mass is 32.1. The fourth-order valence-electron chi connectivity index (χ4n) is 1.85. The van der Waals surface area contributed by atoms with Crippen molar-refractivity contribution >= 4 is 22.9 Å². The van der Waals surface area contributed by atoms with E-state index in [1.165, 1.54) is 11.1 Å². The minimum Gasteiger partial charge on any atom is -0.397 e. The Balaban J connectivity index is 2.09. The molecule has 0 spiro atoms. The van der Waals surface area contributed by atoms with Gasteiger partial charge in [0.05, 0.1) is 17.4 Å². The van der Waals surface area contributed by atoms with Crippen LogP contribution < -0.4 is 5.73 Å². The summed E-state index contributed by atoms with van der Waals surface area (Å²) >= 11 is 1.71. The molecule has 0 aliphatic heterocycles. The topological polar surface area (TPSA) is 59.2 Å². The van der Waals surface area contributed by atoms with Crippen LogP contribution in [0.4, 0.5) is 5.69 Å². The van der Waals surface area contributed by atoms with Crippen LogP contribution in [-0.4, -0.2) is 28.9 Å². The van der Waals surface area contributed by atoms with Gasteiger partial charge in [0.15, 0.2) is 0 Å². The van der Waals surface area contributed by atoms with Crippen LogP contribution in [0.3, 0.4) is 0 Å². The molecule has 0 aliphatic carbocycles. The first kappa shape index (κ1) is 13.5. The van der Waals surface area contributed by atoms with E-state index >= 15 is 0 Å². The molecule has 0 aromatic carbocycles. The Morgan fingerprint density at radius 2 is 2.32 bits per heavy atom. The van der Waals surface area contributed by atoms with Crippen LogP contribution in [0, 0.1) is 0 Å². The summed E-state index contributed by atoms with van der Waals surface area (Å²) in [5, 5.41) is 2.05. The van der Waals surface area contributed by atoms with E-state index in [0.717, 1.165) is 6.42 Å². The maximum atomic E-state index is 12.4. The Hall–Kier alpha value is -1.88. The molecule has 1 atom stereocenters. The molecule has 1 amide bonds. The van der Waals surface area contributed by atoms with E-state index in [2.05, 4.69) is 11.1 Å². The normalized spacial score (nSPS) is 12.1. The lowest BCUT2D eigenvalue weighted by Gasteiger charge is -2.25. The van der Waals surface area contributed by atoms with Crippen molar-refractivity contribution in [3.05, 3.63) is 46.4 Å². The number of amides is 1. The van der Waals surface area contributed by atoms with Crippen molar-refractivity contribution in [2.24, 2.45) is 0 Å². The molecule has 100 valence electrons. The minimum absolute atomic E-state index is 0.0658. The number of rotatable bonds is 4. The molecule has 4 nitrogen and oxygen atoms in total. The van der Waals surface area contributed by atoms with E-state index in [9.17, 15) is 4.79 Å². The number of hydrogen-bond acceptors (Lipinski definition) is 4. The highest BCUT2D eigenvalue weighted by Crippen LogP contribution is 2.17. The van der Waals surface area contributed by atoms with E-state index in [1.807, 2.05) is 18.4 Å². The van der Waals surface area contributed by atoms with Crippen molar-refractivity contribution < 1.29 is 4.79 Å². The quantitative estimate of drug-likeness (QED) is 0.932. The molecular weight excluding hydrogens is 258 g/mol. The van der Waals surface area contributed by atoms with Gasteiger partial charge in [-0.25, -0.2) is 0 Å². The molecule has 2 N–H and O–H groups in total. The van der Waals surface area contributed by atoms with E-state index in [-0.39, 0.29) is 11.9 Å². The summed E-state index contributed by atoms with van der Waals surface area (Å²) in [6, 6.07) is 5.89. The predicted molar refractivity (Wildman–Crippen MR) is 78.2 cm³/mol. The summed E-state index contributed by atoms with van der Waals surface area (Å²) < 4.78 is 0. The Labute approximate surface area is 116 Å². The van der Waals surface area contributed by atoms with E-state index < -0.39 is 0 Å². The zero-order valence-corrected chi connectivity index (χ0v) is 11.9. The molecule has 2 heterocycles. The number of carbonyl (C=O) groups is 1. The van der Waals surface area contributed by atoms with Gasteiger partial charge in [0.2, 0.25) is 0 Å². The summed E-state index contributed by atoms with van der Waals surface area (Å²) in [6.45, 7) is 2.04. The summed E-state index contributed by atoms with van der Waals surface area (Å²) in [6.07, 6.45) is 3.94. The smallest absolute Gasteiger partial charge is 0.256 e. The van der Waals surface area contributed by atoms with Gasteiger partial charge < -0.3 is 10.6 Å². The average Bonchev–Trinajstić information content (AvgIpc) is 2.90. The molecule has 0 fully saturated rings. The van der Waals surface area contributed by atoms with Crippen molar-refractivity contribution in [2.45, 2.75) is 19.4 Å². The number of hydrogen-bond donors (Lipinski definition) is 1. The van der Waals surface area contributed by atoms with E-state index in [4.69, 9.17) is 5.73 Å². The van der Waals surface area contributed by atoms with Gasteiger partial charge in [-0.05, 0) is 24.4 Å². The lowest BCUT2D eigenvalue weighted by Crippen LogP contribution is -2.36. The number of carbonyl (C=O) groups excluding carboxylic acids is 1. The zero-order valence-electron chi connectivity index (χ0n) is 11.0. The third-order valence-electron chi connectivity index (χ3n) is 3.14. The van der Waals surface area contributed by atoms with Gasteiger partial charge in [-0.3, -0.25) is 9.78 Å². The molecule has 0 radical (unpaired) electrons. The summed E-state index contributed by atoms with van der Waals surface area (Å²) in [5.74, 6) is -0.0658. The third-order valence-corrected chi connectivity index (χ3v) is 4.04. The van der Waals surface area contributed by atoms with Crippen LogP contribution in [0.15, 0.2) is 36.0 Å². The number of likely N-dealkylation sites (N-methyl/N-ethyl adjacent to an activating group) is 1. The Kier molecular flexibility index (Phi) is 4.16. The second kappa shape index (κ2) is 5.84. The van der Waals surface area contributed by atoms with Crippen LogP contribution >= 0.6 is 11.3 Å². The molecular formula is C14H17N3OS. The van der Waals surface area contributed by atoms with Crippen molar-refractivity contribution in [1.82, 2.24) is 9.88 Å². The number of anilines is 1. The number of thiophene rings is 1. The second-order valence-corrected chi connectivity index (χ2v) is 5.54. The first-order chi connectivity index (χ1) is 9.09. The molecule has 0 aliphatic rings. The molecule has 19 heavy (non-hydrogen) atoms. The second-order valence-electron chi connectivity index (χ2n) is 4.51. The number of nitrogen functional groups attached to an aromatic ring is 1. The van der Waals surface area contributed by atoms with Gasteiger partial charge in [0, 0.05) is 30.6 Å². The highest BCUT2D eigenvalue weighted by Gasteiger charge is 2.19. The molecule has 0 saturated heterocycles. The molecule has 5 heteroatoms. The predicted octanol–water partition coefficient (Wildman–Crippen LogP) is 2.43. The molecule has 0 saturated carbocycles. The molecule has 2 aromatic rings. The zero-order chi connectivity index (χ0) is 13.8. The van der Waals surface area contributed by atoms with Crippen molar-refractivity contribution in [3.8, 4) is 0 Å². The standard InChI is InChI=1S/C14H17N3OS/c1-10(8-11-4-3-7-19-11)17(2)14(18)12-5-6-16-9-13(12)15/h3-7,9-10H,8,15H2,1-2H3. The van der Waals surface area contributed by atoms with Gasteiger partial charge in [0.1, 0.15) is 0 Å². The van der Waals surface area contributed by atoms with Gasteiger partial charge >= 0.3 is 0 Å². The van der Waals surface area contributed by atoms with Gasteiger partial charge in [-0.2, -0.15) is 0 Å². The van der Waals surface area contributed by atoms with Crippen LogP contribution in [0.25, 0.3) is 0 Å². The Morgan fingerprint density at radius 1 is 1.53 bits per heavy atom. The lowest BCUT2D eigenvalue weighted by molar-refractivity contribution is 0.0745. The number of nitrogens with zero attached hydrogens (tertiary/aromatic N) is 2. The van der Waals surface area contributed by atoms with Crippen molar-refractivity contribution in [3.63, 3.8) is 0 Å². The van der Waals surface area contributed by atoms with Gasteiger partial charge in [-0.1, -0.05) is 6.07 Å². The molecule has 2 rings (SSSR count). The maximum absolute atomic E-state index is 12.4.